The number of non-ortho nitro benzene ring substituents is 1. The number of hydrogen-bond acceptors (Lipinski definition) is 7. The van der Waals surface area contributed by atoms with Gasteiger partial charge in [0.25, 0.3) is 5.69 Å². The SMILES string of the molecule is Cc1cc(N2CCN(CC(C)O)CC2C)nc(-c2ccc([N+](=O)[O-])cc2)n1. The van der Waals surface area contributed by atoms with Crippen LogP contribution in [0, 0.1) is 17.0 Å². The summed E-state index contributed by atoms with van der Waals surface area (Å²) in [7, 11) is 0. The molecule has 0 spiro atoms. The van der Waals surface area contributed by atoms with Gasteiger partial charge in [-0.1, -0.05) is 0 Å². The molecular formula is C19H25N5O3. The third-order valence-electron chi connectivity index (χ3n) is 4.71. The molecule has 27 heavy (non-hydrogen) atoms. The Bertz CT molecular complexity index is 809. The van der Waals surface area contributed by atoms with E-state index in [0.29, 0.717) is 12.4 Å². The Morgan fingerprint density at radius 1 is 1.30 bits per heavy atom. The van der Waals surface area contributed by atoms with Crippen LogP contribution in [0.1, 0.15) is 19.5 Å². The van der Waals surface area contributed by atoms with Gasteiger partial charge in [-0.3, -0.25) is 15.0 Å². The monoisotopic (exact) mass is 371 g/mol. The first-order chi connectivity index (χ1) is 12.8. The van der Waals surface area contributed by atoms with Crippen molar-refractivity contribution in [2.45, 2.75) is 32.9 Å². The lowest BCUT2D eigenvalue weighted by Crippen LogP contribution is -2.53. The van der Waals surface area contributed by atoms with Gasteiger partial charge in [0.1, 0.15) is 5.82 Å². The molecule has 0 saturated carbocycles. The van der Waals surface area contributed by atoms with Crippen LogP contribution in [0.3, 0.4) is 0 Å². The van der Waals surface area contributed by atoms with Crippen molar-refractivity contribution >= 4 is 11.5 Å². The van der Waals surface area contributed by atoms with Crippen molar-refractivity contribution in [2.75, 3.05) is 31.1 Å². The number of aliphatic hydroxyl groups excluding tert-OH is 1. The average molecular weight is 371 g/mol. The van der Waals surface area contributed by atoms with Gasteiger partial charge in [0.2, 0.25) is 0 Å². The molecule has 2 unspecified atom stereocenters. The highest BCUT2D eigenvalue weighted by Crippen LogP contribution is 2.25. The van der Waals surface area contributed by atoms with E-state index in [1.54, 1.807) is 19.1 Å². The summed E-state index contributed by atoms with van der Waals surface area (Å²) in [6.07, 6.45) is -0.334. The van der Waals surface area contributed by atoms with Crippen LogP contribution in [-0.2, 0) is 0 Å². The molecule has 0 amide bonds. The van der Waals surface area contributed by atoms with E-state index in [2.05, 4.69) is 21.7 Å². The zero-order valence-electron chi connectivity index (χ0n) is 15.9. The molecule has 1 saturated heterocycles. The predicted molar refractivity (Wildman–Crippen MR) is 104 cm³/mol. The normalized spacial score (nSPS) is 19.1. The Balaban J connectivity index is 1.82. The molecule has 3 rings (SSSR count). The maximum absolute atomic E-state index is 10.8. The van der Waals surface area contributed by atoms with Gasteiger partial charge in [-0.15, -0.1) is 0 Å². The van der Waals surface area contributed by atoms with Crippen LogP contribution in [0.15, 0.2) is 30.3 Å². The van der Waals surface area contributed by atoms with Gasteiger partial charge >= 0.3 is 0 Å². The number of hydrogen-bond donors (Lipinski definition) is 1. The van der Waals surface area contributed by atoms with Crippen LogP contribution in [0.2, 0.25) is 0 Å². The number of anilines is 1. The fraction of sp³-hybridized carbons (Fsp3) is 0.474. The summed E-state index contributed by atoms with van der Waals surface area (Å²) >= 11 is 0. The van der Waals surface area contributed by atoms with Crippen LogP contribution < -0.4 is 4.90 Å². The van der Waals surface area contributed by atoms with Gasteiger partial charge in [-0.05, 0) is 32.9 Å². The molecule has 8 heteroatoms. The lowest BCUT2D eigenvalue weighted by molar-refractivity contribution is -0.384. The maximum atomic E-state index is 10.8. The summed E-state index contributed by atoms with van der Waals surface area (Å²) in [6, 6.07) is 8.53. The number of aryl methyl sites for hydroxylation is 1. The zero-order valence-corrected chi connectivity index (χ0v) is 15.9. The van der Waals surface area contributed by atoms with Gasteiger partial charge in [0.05, 0.1) is 11.0 Å². The van der Waals surface area contributed by atoms with E-state index in [4.69, 9.17) is 4.98 Å². The predicted octanol–water partition coefficient (Wildman–Crippen LogP) is 2.25. The standard InChI is InChI=1S/C19H25N5O3/c1-13-10-18(23-9-8-22(11-14(23)2)12-15(3)25)21-19(20-13)16-4-6-17(7-5-16)24(26)27/h4-7,10,14-15,25H,8-9,11-12H2,1-3H3. The number of β-amino-alcohol motifs (C(OH)–C–C–N with tert-alkyl or cyclic N) is 1. The van der Waals surface area contributed by atoms with E-state index in [1.807, 2.05) is 13.0 Å². The Hall–Kier alpha value is -2.58. The van der Waals surface area contributed by atoms with Crippen molar-refractivity contribution in [3.05, 3.63) is 46.1 Å². The molecule has 8 nitrogen and oxygen atoms in total. The first kappa shape index (κ1) is 19.2. The maximum Gasteiger partial charge on any atom is 0.269 e. The second-order valence-electron chi connectivity index (χ2n) is 7.15. The van der Waals surface area contributed by atoms with E-state index in [9.17, 15) is 15.2 Å². The quantitative estimate of drug-likeness (QED) is 0.636. The highest BCUT2D eigenvalue weighted by Gasteiger charge is 2.26. The van der Waals surface area contributed by atoms with E-state index in [1.165, 1.54) is 12.1 Å². The van der Waals surface area contributed by atoms with Gasteiger partial charge in [-0.25, -0.2) is 9.97 Å². The molecule has 1 aromatic carbocycles. The molecule has 1 aliphatic rings. The number of nitro groups is 1. The average Bonchev–Trinajstić information content (AvgIpc) is 2.61. The minimum atomic E-state index is -0.416. The first-order valence-electron chi connectivity index (χ1n) is 9.11. The van der Waals surface area contributed by atoms with Gasteiger partial charge in [0.15, 0.2) is 5.82 Å². The number of nitro benzene ring substituents is 1. The lowest BCUT2D eigenvalue weighted by atomic mass is 10.1. The summed E-state index contributed by atoms with van der Waals surface area (Å²) < 4.78 is 0. The van der Waals surface area contributed by atoms with Gasteiger partial charge in [-0.2, -0.15) is 0 Å². The second kappa shape index (κ2) is 7.98. The van der Waals surface area contributed by atoms with Crippen LogP contribution in [0.25, 0.3) is 11.4 Å². The van der Waals surface area contributed by atoms with Crippen LogP contribution in [-0.4, -0.2) is 63.2 Å². The molecule has 1 N–H and O–H groups in total. The number of benzene rings is 1. The molecule has 1 aliphatic heterocycles. The zero-order chi connectivity index (χ0) is 19.6. The van der Waals surface area contributed by atoms with Gasteiger partial charge in [0, 0.05) is 61.7 Å². The fourth-order valence-electron chi connectivity index (χ4n) is 3.47. The van der Waals surface area contributed by atoms with E-state index >= 15 is 0 Å². The fourth-order valence-corrected chi connectivity index (χ4v) is 3.47. The molecule has 2 heterocycles. The summed E-state index contributed by atoms with van der Waals surface area (Å²) in [5.41, 5.74) is 1.66. The third-order valence-corrected chi connectivity index (χ3v) is 4.71. The van der Waals surface area contributed by atoms with Crippen LogP contribution in [0.5, 0.6) is 0 Å². The van der Waals surface area contributed by atoms with Crippen molar-refractivity contribution in [3.63, 3.8) is 0 Å². The Morgan fingerprint density at radius 2 is 2.00 bits per heavy atom. The minimum Gasteiger partial charge on any atom is -0.392 e. The largest absolute Gasteiger partial charge is 0.392 e. The van der Waals surface area contributed by atoms with Crippen molar-refractivity contribution in [3.8, 4) is 11.4 Å². The molecule has 1 fully saturated rings. The van der Waals surface area contributed by atoms with Crippen molar-refractivity contribution in [2.24, 2.45) is 0 Å². The smallest absolute Gasteiger partial charge is 0.269 e. The summed E-state index contributed by atoms with van der Waals surface area (Å²) in [5.74, 6) is 1.43. The van der Waals surface area contributed by atoms with Crippen LogP contribution >= 0.6 is 0 Å². The number of rotatable bonds is 5. The van der Waals surface area contributed by atoms with Crippen molar-refractivity contribution in [1.29, 1.82) is 0 Å². The number of nitrogens with zero attached hydrogens (tertiary/aromatic N) is 5. The van der Waals surface area contributed by atoms with Crippen molar-refractivity contribution in [1.82, 2.24) is 14.9 Å². The lowest BCUT2D eigenvalue weighted by Gasteiger charge is -2.41. The Labute approximate surface area is 158 Å². The molecule has 1 aromatic heterocycles. The Kier molecular flexibility index (Phi) is 5.67. The summed E-state index contributed by atoms with van der Waals surface area (Å²) in [4.78, 5) is 24.2. The van der Waals surface area contributed by atoms with E-state index in [-0.39, 0.29) is 17.8 Å². The van der Waals surface area contributed by atoms with Crippen molar-refractivity contribution < 1.29 is 10.0 Å². The summed E-state index contributed by atoms with van der Waals surface area (Å²) in [6.45, 7) is 9.11. The first-order valence-corrected chi connectivity index (χ1v) is 9.11. The third kappa shape index (κ3) is 4.58. The van der Waals surface area contributed by atoms with E-state index in [0.717, 1.165) is 36.7 Å². The van der Waals surface area contributed by atoms with Gasteiger partial charge < -0.3 is 10.0 Å². The Morgan fingerprint density at radius 3 is 2.59 bits per heavy atom. The second-order valence-corrected chi connectivity index (χ2v) is 7.15. The minimum absolute atomic E-state index is 0.0504. The molecule has 0 radical (unpaired) electrons. The molecule has 2 atom stereocenters. The molecule has 0 aliphatic carbocycles. The molecular weight excluding hydrogens is 346 g/mol. The number of aliphatic hydroxyl groups is 1. The number of piperazine rings is 1. The number of aromatic nitrogens is 2. The molecule has 0 bridgehead atoms. The summed E-state index contributed by atoms with van der Waals surface area (Å²) in [5, 5.41) is 20.4. The molecule has 2 aromatic rings. The topological polar surface area (TPSA) is 95.6 Å². The highest BCUT2D eigenvalue weighted by molar-refractivity contribution is 5.60. The molecule has 144 valence electrons. The highest BCUT2D eigenvalue weighted by atomic mass is 16.6. The van der Waals surface area contributed by atoms with Crippen LogP contribution in [0.4, 0.5) is 11.5 Å². The van der Waals surface area contributed by atoms with E-state index < -0.39 is 4.92 Å².